The number of aromatic nitrogens is 1. The molecule has 0 aliphatic carbocycles. The van der Waals surface area contributed by atoms with Gasteiger partial charge in [-0.15, -0.1) is 0 Å². The quantitative estimate of drug-likeness (QED) is 0.840. The van der Waals surface area contributed by atoms with Gasteiger partial charge in [0.25, 0.3) is 0 Å². The lowest BCUT2D eigenvalue weighted by Gasteiger charge is -2.19. The average molecular weight is 252 g/mol. The van der Waals surface area contributed by atoms with E-state index in [9.17, 15) is 9.59 Å². The van der Waals surface area contributed by atoms with Crippen LogP contribution in [0.5, 0.6) is 0 Å². The summed E-state index contributed by atoms with van der Waals surface area (Å²) in [6, 6.07) is 1.77. The average Bonchev–Trinajstić information content (AvgIpc) is 2.57. The van der Waals surface area contributed by atoms with Gasteiger partial charge in [-0.25, -0.2) is 4.79 Å². The maximum absolute atomic E-state index is 11.6. The van der Waals surface area contributed by atoms with Crippen molar-refractivity contribution in [2.24, 2.45) is 0 Å². The Morgan fingerprint density at radius 2 is 2.06 bits per heavy atom. The van der Waals surface area contributed by atoms with Crippen molar-refractivity contribution in [2.45, 2.75) is 46.3 Å². The lowest BCUT2D eigenvalue weighted by atomic mass is 10.2. The maximum atomic E-state index is 11.6. The molecule has 0 radical (unpaired) electrons. The normalized spacial score (nSPS) is 11.4. The number of hydrogen-bond donors (Lipinski definition) is 1. The Bertz CT molecular complexity index is 442. The van der Waals surface area contributed by atoms with E-state index in [1.807, 2.05) is 13.8 Å². The Morgan fingerprint density at radius 1 is 1.44 bits per heavy atom. The lowest BCUT2D eigenvalue weighted by molar-refractivity contribution is 0.0635. The minimum Gasteiger partial charge on any atom is -0.444 e. The van der Waals surface area contributed by atoms with Crippen LogP contribution in [0.15, 0.2) is 12.3 Å². The monoisotopic (exact) mass is 252 g/mol. The van der Waals surface area contributed by atoms with Crippen molar-refractivity contribution in [1.82, 2.24) is 4.57 Å². The van der Waals surface area contributed by atoms with E-state index < -0.39 is 11.7 Å². The third-order valence-corrected chi connectivity index (χ3v) is 2.20. The standard InChI is InChI=1S/C13H20N2O3/c1-9(2)15-7-10(6-11(15)8-16)14-12(17)18-13(3,4)5/h6-9H,1-5H3,(H,14,17). The molecule has 1 heterocycles. The number of amides is 1. The topological polar surface area (TPSA) is 60.3 Å². The molecule has 0 aromatic carbocycles. The number of ether oxygens (including phenoxy) is 1. The van der Waals surface area contributed by atoms with E-state index >= 15 is 0 Å². The fraction of sp³-hybridized carbons (Fsp3) is 0.538. The zero-order valence-corrected chi connectivity index (χ0v) is 11.5. The number of nitrogens with zero attached hydrogens (tertiary/aromatic N) is 1. The number of anilines is 1. The van der Waals surface area contributed by atoms with E-state index in [0.717, 1.165) is 6.29 Å². The van der Waals surface area contributed by atoms with Crippen LogP contribution in [-0.2, 0) is 4.74 Å². The first-order valence-corrected chi connectivity index (χ1v) is 5.90. The van der Waals surface area contributed by atoms with E-state index in [2.05, 4.69) is 5.32 Å². The van der Waals surface area contributed by atoms with Crippen molar-refractivity contribution in [1.29, 1.82) is 0 Å². The molecule has 1 aromatic rings. The third kappa shape index (κ3) is 3.91. The highest BCUT2D eigenvalue weighted by Crippen LogP contribution is 2.18. The largest absolute Gasteiger partial charge is 0.444 e. The second-order valence-corrected chi connectivity index (χ2v) is 5.40. The summed E-state index contributed by atoms with van der Waals surface area (Å²) < 4.78 is 6.93. The number of carbonyl (C=O) groups excluding carboxylic acids is 2. The molecule has 5 heteroatoms. The fourth-order valence-corrected chi connectivity index (χ4v) is 1.53. The zero-order chi connectivity index (χ0) is 13.9. The minimum absolute atomic E-state index is 0.152. The molecule has 1 aromatic heterocycles. The summed E-state index contributed by atoms with van der Waals surface area (Å²) in [5.74, 6) is 0. The second kappa shape index (κ2) is 5.25. The van der Waals surface area contributed by atoms with Gasteiger partial charge < -0.3 is 9.30 Å². The number of hydrogen-bond acceptors (Lipinski definition) is 3. The van der Waals surface area contributed by atoms with Crippen LogP contribution >= 0.6 is 0 Å². The predicted molar refractivity (Wildman–Crippen MR) is 70.1 cm³/mol. The molecule has 1 N–H and O–H groups in total. The van der Waals surface area contributed by atoms with Crippen LogP contribution in [-0.4, -0.2) is 22.5 Å². The first kappa shape index (κ1) is 14.3. The molecule has 1 amide bonds. The summed E-state index contributed by atoms with van der Waals surface area (Å²) in [6.45, 7) is 9.31. The first-order valence-electron chi connectivity index (χ1n) is 5.90. The highest BCUT2D eigenvalue weighted by Gasteiger charge is 2.17. The Labute approximate surface area is 107 Å². The van der Waals surface area contributed by atoms with Crippen molar-refractivity contribution in [3.63, 3.8) is 0 Å². The maximum Gasteiger partial charge on any atom is 0.412 e. The van der Waals surface area contributed by atoms with Crippen molar-refractivity contribution < 1.29 is 14.3 Å². The van der Waals surface area contributed by atoms with Crippen molar-refractivity contribution >= 4 is 18.1 Å². The number of carbonyl (C=O) groups is 2. The molecule has 0 bridgehead atoms. The highest BCUT2D eigenvalue weighted by molar-refractivity contribution is 5.86. The fourth-order valence-electron chi connectivity index (χ4n) is 1.53. The molecule has 0 atom stereocenters. The van der Waals surface area contributed by atoms with Gasteiger partial charge in [0.2, 0.25) is 0 Å². The molecule has 100 valence electrons. The Hall–Kier alpha value is -1.78. The number of rotatable bonds is 3. The molecule has 0 saturated carbocycles. The smallest absolute Gasteiger partial charge is 0.412 e. The Kier molecular flexibility index (Phi) is 4.16. The second-order valence-electron chi connectivity index (χ2n) is 5.40. The minimum atomic E-state index is -0.543. The molecule has 0 aliphatic heterocycles. The van der Waals surface area contributed by atoms with Crippen molar-refractivity contribution in [3.8, 4) is 0 Å². The molecule has 5 nitrogen and oxygen atoms in total. The summed E-state index contributed by atoms with van der Waals surface area (Å²) >= 11 is 0. The SMILES string of the molecule is CC(C)n1cc(NC(=O)OC(C)(C)C)cc1C=O. The predicted octanol–water partition coefficient (Wildman–Crippen LogP) is 3.23. The number of aldehydes is 1. The van der Waals surface area contributed by atoms with Gasteiger partial charge in [-0.05, 0) is 40.7 Å². The van der Waals surface area contributed by atoms with Gasteiger partial charge in [0.1, 0.15) is 5.60 Å². The number of nitrogens with one attached hydrogen (secondary N) is 1. The Balaban J connectivity index is 2.80. The molecule has 0 aliphatic rings. The van der Waals surface area contributed by atoms with Gasteiger partial charge in [-0.1, -0.05) is 0 Å². The van der Waals surface area contributed by atoms with Gasteiger partial charge >= 0.3 is 6.09 Å². The molecule has 1 rings (SSSR count). The molecular formula is C13H20N2O3. The van der Waals surface area contributed by atoms with Crippen LogP contribution in [0.2, 0.25) is 0 Å². The first-order chi connectivity index (χ1) is 8.23. The van der Waals surface area contributed by atoms with Crippen molar-refractivity contribution in [2.75, 3.05) is 5.32 Å². The van der Waals surface area contributed by atoms with Crippen LogP contribution in [0.4, 0.5) is 10.5 Å². The summed E-state index contributed by atoms with van der Waals surface area (Å²) in [4.78, 5) is 22.5. The van der Waals surface area contributed by atoms with E-state index in [1.165, 1.54) is 0 Å². The summed E-state index contributed by atoms with van der Waals surface area (Å²) in [5, 5.41) is 2.61. The van der Waals surface area contributed by atoms with Gasteiger partial charge in [-0.2, -0.15) is 0 Å². The van der Waals surface area contributed by atoms with E-state index in [1.54, 1.807) is 37.6 Å². The van der Waals surface area contributed by atoms with E-state index in [-0.39, 0.29) is 6.04 Å². The van der Waals surface area contributed by atoms with Crippen LogP contribution in [0.25, 0.3) is 0 Å². The van der Waals surface area contributed by atoms with E-state index in [4.69, 9.17) is 4.74 Å². The van der Waals surface area contributed by atoms with Gasteiger partial charge in [0, 0.05) is 12.2 Å². The Morgan fingerprint density at radius 3 is 2.44 bits per heavy atom. The van der Waals surface area contributed by atoms with Crippen LogP contribution in [0.1, 0.15) is 51.1 Å². The van der Waals surface area contributed by atoms with Crippen molar-refractivity contribution in [3.05, 3.63) is 18.0 Å². The van der Waals surface area contributed by atoms with Gasteiger partial charge in [-0.3, -0.25) is 10.1 Å². The molecule has 0 saturated heterocycles. The molecular weight excluding hydrogens is 232 g/mol. The molecule has 18 heavy (non-hydrogen) atoms. The van der Waals surface area contributed by atoms with Crippen LogP contribution < -0.4 is 5.32 Å². The lowest BCUT2D eigenvalue weighted by Crippen LogP contribution is -2.27. The van der Waals surface area contributed by atoms with Gasteiger partial charge in [0.05, 0.1) is 11.4 Å². The molecule has 0 spiro atoms. The van der Waals surface area contributed by atoms with Crippen LogP contribution in [0.3, 0.4) is 0 Å². The van der Waals surface area contributed by atoms with Gasteiger partial charge in [0.15, 0.2) is 6.29 Å². The molecule has 0 unspecified atom stereocenters. The summed E-state index contributed by atoms with van der Waals surface area (Å²) in [6.07, 6.45) is 1.96. The summed E-state index contributed by atoms with van der Waals surface area (Å²) in [5.41, 5.74) is 0.536. The highest BCUT2D eigenvalue weighted by atomic mass is 16.6. The third-order valence-electron chi connectivity index (χ3n) is 2.20. The van der Waals surface area contributed by atoms with E-state index in [0.29, 0.717) is 11.4 Å². The molecule has 0 fully saturated rings. The zero-order valence-electron chi connectivity index (χ0n) is 11.5. The summed E-state index contributed by atoms with van der Waals surface area (Å²) in [7, 11) is 0. The van der Waals surface area contributed by atoms with Crippen LogP contribution in [0, 0.1) is 0 Å².